The van der Waals surface area contributed by atoms with E-state index >= 15 is 0 Å². The van der Waals surface area contributed by atoms with Gasteiger partial charge in [-0.25, -0.2) is 9.07 Å². The van der Waals surface area contributed by atoms with Crippen molar-refractivity contribution in [2.75, 3.05) is 38.6 Å². The SMILES string of the molecule is CCNC(=NCCCc1nn(-c2ccc(F)cc2)c(N)c1C#N)NCCCOCC(C)C. The number of halogens is 1. The van der Waals surface area contributed by atoms with Crippen LogP contribution in [0.1, 0.15) is 44.9 Å². The first-order valence-corrected chi connectivity index (χ1v) is 11.1. The molecule has 0 saturated carbocycles. The number of nitriles is 1. The highest BCUT2D eigenvalue weighted by atomic mass is 19.1. The van der Waals surface area contributed by atoms with E-state index in [1.165, 1.54) is 16.8 Å². The van der Waals surface area contributed by atoms with Crippen LogP contribution in [0.3, 0.4) is 0 Å². The average Bonchev–Trinajstić information content (AvgIpc) is 3.09. The molecule has 0 aliphatic carbocycles. The summed E-state index contributed by atoms with van der Waals surface area (Å²) < 4.78 is 20.3. The number of anilines is 1. The molecule has 0 amide bonds. The first kappa shape index (κ1) is 25.1. The number of aliphatic imine (C=N–C) groups is 1. The molecular weight excluding hydrogens is 409 g/mol. The van der Waals surface area contributed by atoms with Crippen molar-refractivity contribution in [2.45, 2.75) is 40.0 Å². The fourth-order valence-electron chi connectivity index (χ4n) is 3.03. The lowest BCUT2D eigenvalue weighted by atomic mass is 10.1. The van der Waals surface area contributed by atoms with Crippen molar-refractivity contribution >= 4 is 11.8 Å². The first-order chi connectivity index (χ1) is 15.5. The molecule has 8 nitrogen and oxygen atoms in total. The maximum Gasteiger partial charge on any atom is 0.191 e. The molecule has 0 aliphatic rings. The van der Waals surface area contributed by atoms with Gasteiger partial charge >= 0.3 is 0 Å². The van der Waals surface area contributed by atoms with E-state index in [0.29, 0.717) is 42.2 Å². The van der Waals surface area contributed by atoms with Crippen LogP contribution in [0.5, 0.6) is 0 Å². The molecule has 1 heterocycles. The van der Waals surface area contributed by atoms with Crippen LogP contribution in [-0.4, -0.2) is 48.6 Å². The summed E-state index contributed by atoms with van der Waals surface area (Å²) in [6, 6.07) is 7.96. The number of hydrogen-bond acceptors (Lipinski definition) is 5. The molecule has 0 saturated heterocycles. The molecule has 1 aromatic heterocycles. The summed E-state index contributed by atoms with van der Waals surface area (Å²) in [4.78, 5) is 4.59. The molecule has 0 spiro atoms. The highest BCUT2D eigenvalue weighted by Gasteiger charge is 2.16. The number of aromatic nitrogens is 2. The third-order valence-electron chi connectivity index (χ3n) is 4.57. The Morgan fingerprint density at radius 3 is 2.69 bits per heavy atom. The molecule has 0 fully saturated rings. The van der Waals surface area contributed by atoms with E-state index in [9.17, 15) is 9.65 Å². The van der Waals surface area contributed by atoms with Gasteiger partial charge in [-0.1, -0.05) is 13.8 Å². The van der Waals surface area contributed by atoms with Crippen LogP contribution in [0.15, 0.2) is 29.3 Å². The van der Waals surface area contributed by atoms with Crippen molar-refractivity contribution in [2.24, 2.45) is 10.9 Å². The predicted molar refractivity (Wildman–Crippen MR) is 125 cm³/mol. The monoisotopic (exact) mass is 443 g/mol. The lowest BCUT2D eigenvalue weighted by molar-refractivity contribution is 0.108. The molecule has 1 aromatic carbocycles. The van der Waals surface area contributed by atoms with Crippen molar-refractivity contribution in [3.63, 3.8) is 0 Å². The van der Waals surface area contributed by atoms with Crippen molar-refractivity contribution in [1.82, 2.24) is 20.4 Å². The number of aryl methyl sites for hydroxylation is 1. The Morgan fingerprint density at radius 1 is 1.28 bits per heavy atom. The minimum Gasteiger partial charge on any atom is -0.382 e. The summed E-state index contributed by atoms with van der Waals surface area (Å²) in [5, 5.41) is 20.5. The van der Waals surface area contributed by atoms with Gasteiger partial charge in [0.2, 0.25) is 0 Å². The van der Waals surface area contributed by atoms with E-state index in [1.54, 1.807) is 12.1 Å². The van der Waals surface area contributed by atoms with Gasteiger partial charge in [0.05, 0.1) is 11.4 Å². The van der Waals surface area contributed by atoms with Crippen molar-refractivity contribution in [3.05, 3.63) is 41.3 Å². The molecule has 0 atom stereocenters. The number of nitrogen functional groups attached to an aromatic ring is 1. The molecule has 2 aromatic rings. The van der Waals surface area contributed by atoms with Gasteiger partial charge in [-0.15, -0.1) is 0 Å². The second-order valence-electron chi connectivity index (χ2n) is 7.82. The number of hydrogen-bond donors (Lipinski definition) is 3. The Hall–Kier alpha value is -3.12. The van der Waals surface area contributed by atoms with Crippen LogP contribution in [0.25, 0.3) is 5.69 Å². The van der Waals surface area contributed by atoms with E-state index in [-0.39, 0.29) is 11.6 Å². The summed E-state index contributed by atoms with van der Waals surface area (Å²) in [5.41, 5.74) is 7.69. The summed E-state index contributed by atoms with van der Waals surface area (Å²) in [7, 11) is 0. The Bertz CT molecular complexity index is 900. The highest BCUT2D eigenvalue weighted by Crippen LogP contribution is 2.21. The second kappa shape index (κ2) is 13.3. The predicted octanol–water partition coefficient (Wildman–Crippen LogP) is 3.02. The van der Waals surface area contributed by atoms with E-state index < -0.39 is 0 Å². The van der Waals surface area contributed by atoms with Crippen LogP contribution in [0, 0.1) is 23.1 Å². The van der Waals surface area contributed by atoms with Crippen molar-refractivity contribution in [1.29, 1.82) is 5.26 Å². The molecular formula is C23H34FN7O. The number of benzene rings is 1. The van der Waals surface area contributed by atoms with Gasteiger partial charge in [-0.2, -0.15) is 10.4 Å². The number of nitrogens with two attached hydrogens (primary N) is 1. The van der Waals surface area contributed by atoms with E-state index in [2.05, 4.69) is 40.6 Å². The Labute approximate surface area is 189 Å². The Kier molecular flexibility index (Phi) is 10.5. The summed E-state index contributed by atoms with van der Waals surface area (Å²) in [6.07, 6.45) is 2.18. The summed E-state index contributed by atoms with van der Waals surface area (Å²) in [6.45, 7) is 9.92. The van der Waals surface area contributed by atoms with Crippen LogP contribution >= 0.6 is 0 Å². The zero-order valence-electron chi connectivity index (χ0n) is 19.2. The number of nitrogens with zero attached hydrogens (tertiary/aromatic N) is 4. The third-order valence-corrected chi connectivity index (χ3v) is 4.57. The second-order valence-corrected chi connectivity index (χ2v) is 7.82. The minimum absolute atomic E-state index is 0.257. The fraction of sp³-hybridized carbons (Fsp3) is 0.522. The number of rotatable bonds is 12. The molecule has 0 radical (unpaired) electrons. The van der Waals surface area contributed by atoms with Crippen molar-refractivity contribution < 1.29 is 9.13 Å². The minimum atomic E-state index is -0.341. The molecule has 9 heteroatoms. The van der Waals surface area contributed by atoms with Crippen LogP contribution in [-0.2, 0) is 11.2 Å². The quantitative estimate of drug-likeness (QED) is 0.264. The van der Waals surface area contributed by atoms with Gasteiger partial charge in [0, 0.05) is 32.8 Å². The van der Waals surface area contributed by atoms with Crippen molar-refractivity contribution in [3.8, 4) is 11.8 Å². The molecule has 0 bridgehead atoms. The Balaban J connectivity index is 1.89. The van der Waals surface area contributed by atoms with E-state index in [0.717, 1.165) is 38.7 Å². The van der Waals surface area contributed by atoms with Gasteiger partial charge in [-0.3, -0.25) is 4.99 Å². The third kappa shape index (κ3) is 7.85. The molecule has 4 N–H and O–H groups in total. The zero-order valence-corrected chi connectivity index (χ0v) is 19.2. The molecule has 174 valence electrons. The number of guanidine groups is 1. The smallest absolute Gasteiger partial charge is 0.191 e. The first-order valence-electron chi connectivity index (χ1n) is 11.1. The molecule has 0 unspecified atom stereocenters. The average molecular weight is 444 g/mol. The molecule has 2 rings (SSSR count). The highest BCUT2D eigenvalue weighted by molar-refractivity contribution is 5.79. The topological polar surface area (TPSA) is 113 Å². The van der Waals surface area contributed by atoms with Gasteiger partial charge in [-0.05, 0) is 56.4 Å². The van der Waals surface area contributed by atoms with E-state index in [4.69, 9.17) is 10.5 Å². The van der Waals surface area contributed by atoms with Gasteiger partial charge in [0.25, 0.3) is 0 Å². The maximum absolute atomic E-state index is 13.2. The summed E-state index contributed by atoms with van der Waals surface area (Å²) >= 11 is 0. The van der Waals surface area contributed by atoms with Crippen LogP contribution in [0.4, 0.5) is 10.2 Å². The van der Waals surface area contributed by atoms with Crippen LogP contribution in [0.2, 0.25) is 0 Å². The zero-order chi connectivity index (χ0) is 23.3. The standard InChI is InChI=1S/C23H34FN7O/c1-4-27-23(29-13-6-14-32-16-17(2)3)28-12-5-7-21-20(15-25)22(26)31(30-21)19-10-8-18(24)9-11-19/h8-11,17H,4-7,12-14,16,26H2,1-3H3,(H2,27,28,29). The van der Waals surface area contributed by atoms with Gasteiger partial charge in [0.15, 0.2) is 5.96 Å². The largest absolute Gasteiger partial charge is 0.382 e. The van der Waals surface area contributed by atoms with Gasteiger partial charge < -0.3 is 21.1 Å². The lowest BCUT2D eigenvalue weighted by Crippen LogP contribution is -2.38. The molecule has 32 heavy (non-hydrogen) atoms. The van der Waals surface area contributed by atoms with E-state index in [1.807, 2.05) is 6.92 Å². The Morgan fingerprint density at radius 2 is 2.03 bits per heavy atom. The number of ether oxygens (including phenoxy) is 1. The summed E-state index contributed by atoms with van der Waals surface area (Å²) in [5.74, 6) is 1.22. The number of nitrogens with one attached hydrogen (secondary N) is 2. The lowest BCUT2D eigenvalue weighted by Gasteiger charge is -2.11. The van der Waals surface area contributed by atoms with Crippen LogP contribution < -0.4 is 16.4 Å². The van der Waals surface area contributed by atoms with Gasteiger partial charge in [0.1, 0.15) is 23.3 Å². The fourth-order valence-corrected chi connectivity index (χ4v) is 3.03. The maximum atomic E-state index is 13.2. The molecule has 0 aliphatic heterocycles. The normalized spacial score (nSPS) is 11.6.